The van der Waals surface area contributed by atoms with E-state index in [2.05, 4.69) is 15.3 Å². The van der Waals surface area contributed by atoms with Gasteiger partial charge >= 0.3 is 0 Å². The van der Waals surface area contributed by atoms with Crippen molar-refractivity contribution < 1.29 is 6.22 Å². The minimum Gasteiger partial charge on any atom is -0.354 e. The average Bonchev–Trinajstić information content (AvgIpc) is 2.17. The molecule has 0 saturated heterocycles. The van der Waals surface area contributed by atoms with Crippen molar-refractivity contribution in [1.82, 2.24) is 15.3 Å². The van der Waals surface area contributed by atoms with Crippen LogP contribution in [0.15, 0.2) is 12.4 Å². The molecule has 1 rings (SSSR count). The summed E-state index contributed by atoms with van der Waals surface area (Å²) in [5.41, 5.74) is 1.30. The SMILES string of the molecule is CNC(=O)c1cc(C(C)C)ncn1.[HH]. The predicted octanol–water partition coefficient (Wildman–Crippen LogP) is 1.21. The molecule has 0 spiro atoms. The number of carbonyl (C=O) groups excluding carboxylic acids is 1. The van der Waals surface area contributed by atoms with Crippen LogP contribution in [0, 0.1) is 0 Å². The first-order chi connectivity index (χ1) is 6.15. The summed E-state index contributed by atoms with van der Waals surface area (Å²) in [6.45, 7) is 4.05. The smallest absolute Gasteiger partial charge is 0.269 e. The Bertz CT molecular complexity index is 315. The van der Waals surface area contributed by atoms with E-state index < -0.39 is 0 Å². The molecular formula is C9H15N3O. The van der Waals surface area contributed by atoms with E-state index in [-0.39, 0.29) is 7.33 Å². The Morgan fingerprint density at radius 1 is 1.54 bits per heavy atom. The molecule has 72 valence electrons. The maximum Gasteiger partial charge on any atom is 0.269 e. The van der Waals surface area contributed by atoms with Gasteiger partial charge in [0.2, 0.25) is 0 Å². The summed E-state index contributed by atoms with van der Waals surface area (Å²) in [7, 11) is 1.58. The topological polar surface area (TPSA) is 54.9 Å². The third-order valence-electron chi connectivity index (χ3n) is 1.74. The summed E-state index contributed by atoms with van der Waals surface area (Å²) in [6, 6.07) is 1.71. The maximum atomic E-state index is 11.2. The van der Waals surface area contributed by atoms with Gasteiger partial charge in [0, 0.05) is 14.2 Å². The lowest BCUT2D eigenvalue weighted by Gasteiger charge is -2.04. The van der Waals surface area contributed by atoms with Crippen molar-refractivity contribution in [2.45, 2.75) is 19.8 Å². The molecule has 1 N–H and O–H groups in total. The summed E-state index contributed by atoms with van der Waals surface area (Å²) in [5, 5.41) is 2.52. The first-order valence-electron chi connectivity index (χ1n) is 4.19. The molecule has 4 heteroatoms. The van der Waals surface area contributed by atoms with Crippen LogP contribution < -0.4 is 5.32 Å². The van der Waals surface area contributed by atoms with Crippen molar-refractivity contribution in [2.24, 2.45) is 0 Å². The highest BCUT2D eigenvalue weighted by Crippen LogP contribution is 2.10. The molecule has 0 aliphatic heterocycles. The van der Waals surface area contributed by atoms with Crippen molar-refractivity contribution in [3.8, 4) is 0 Å². The van der Waals surface area contributed by atoms with E-state index in [4.69, 9.17) is 0 Å². The molecule has 0 radical (unpaired) electrons. The van der Waals surface area contributed by atoms with Gasteiger partial charge in [-0.3, -0.25) is 4.79 Å². The van der Waals surface area contributed by atoms with Gasteiger partial charge in [0.1, 0.15) is 12.0 Å². The minimum absolute atomic E-state index is 0. The molecule has 0 fully saturated rings. The highest BCUT2D eigenvalue weighted by atomic mass is 16.1. The van der Waals surface area contributed by atoms with Gasteiger partial charge in [-0.25, -0.2) is 9.97 Å². The van der Waals surface area contributed by atoms with Crippen LogP contribution in [-0.4, -0.2) is 22.9 Å². The summed E-state index contributed by atoms with van der Waals surface area (Å²) < 4.78 is 0. The van der Waals surface area contributed by atoms with Crippen LogP contribution in [0.4, 0.5) is 0 Å². The van der Waals surface area contributed by atoms with Gasteiger partial charge in [-0.2, -0.15) is 0 Å². The molecule has 1 aromatic rings. The van der Waals surface area contributed by atoms with E-state index >= 15 is 0 Å². The third-order valence-corrected chi connectivity index (χ3v) is 1.74. The average molecular weight is 181 g/mol. The first-order valence-corrected chi connectivity index (χ1v) is 4.19. The predicted molar refractivity (Wildman–Crippen MR) is 51.6 cm³/mol. The standard InChI is InChI=1S/C9H13N3O.H2/c1-6(2)7-4-8(9(13)10-3)12-5-11-7;/h4-6H,1-3H3,(H,10,13);1H. The summed E-state index contributed by atoms with van der Waals surface area (Å²) >= 11 is 0. The second-order valence-electron chi connectivity index (χ2n) is 3.06. The molecule has 0 saturated carbocycles. The number of hydrogen-bond acceptors (Lipinski definition) is 3. The summed E-state index contributed by atoms with van der Waals surface area (Å²) in [5.74, 6) is 0.135. The fraction of sp³-hybridized carbons (Fsp3) is 0.444. The molecule has 1 aromatic heterocycles. The Kier molecular flexibility index (Phi) is 2.95. The normalized spacial score (nSPS) is 10.2. The summed E-state index contributed by atoms with van der Waals surface area (Å²) in [4.78, 5) is 19.1. The largest absolute Gasteiger partial charge is 0.354 e. The number of hydrogen-bond donors (Lipinski definition) is 1. The molecule has 0 unspecified atom stereocenters. The molecule has 13 heavy (non-hydrogen) atoms. The molecule has 1 amide bonds. The van der Waals surface area contributed by atoms with Gasteiger partial charge in [-0.15, -0.1) is 0 Å². The molecule has 0 aliphatic rings. The molecular weight excluding hydrogens is 166 g/mol. The Hall–Kier alpha value is -1.45. The van der Waals surface area contributed by atoms with Crippen LogP contribution in [0.3, 0.4) is 0 Å². The zero-order valence-corrected chi connectivity index (χ0v) is 8.03. The Morgan fingerprint density at radius 3 is 2.77 bits per heavy atom. The van der Waals surface area contributed by atoms with E-state index in [1.54, 1.807) is 13.1 Å². The molecule has 4 nitrogen and oxygen atoms in total. The van der Waals surface area contributed by atoms with Gasteiger partial charge in [-0.1, -0.05) is 13.8 Å². The summed E-state index contributed by atoms with van der Waals surface area (Å²) in [6.07, 6.45) is 1.42. The number of nitrogens with one attached hydrogen (secondary N) is 1. The quantitative estimate of drug-likeness (QED) is 0.746. The Balaban J connectivity index is 0.00000169. The van der Waals surface area contributed by atoms with E-state index in [0.29, 0.717) is 11.6 Å². The van der Waals surface area contributed by atoms with Crippen LogP contribution in [0.25, 0.3) is 0 Å². The Labute approximate surface area is 78.9 Å². The van der Waals surface area contributed by atoms with Gasteiger partial charge in [-0.05, 0) is 12.0 Å². The van der Waals surface area contributed by atoms with Crippen molar-refractivity contribution >= 4 is 5.91 Å². The number of rotatable bonds is 2. The van der Waals surface area contributed by atoms with Gasteiger partial charge < -0.3 is 5.32 Å². The fourth-order valence-corrected chi connectivity index (χ4v) is 0.940. The maximum absolute atomic E-state index is 11.2. The minimum atomic E-state index is -0.177. The van der Waals surface area contributed by atoms with Crippen LogP contribution in [0.5, 0.6) is 0 Å². The van der Waals surface area contributed by atoms with Crippen LogP contribution in [-0.2, 0) is 0 Å². The lowest BCUT2D eigenvalue weighted by molar-refractivity contribution is 0.0958. The number of nitrogens with zero attached hydrogens (tertiary/aromatic N) is 2. The number of aromatic nitrogens is 2. The zero-order chi connectivity index (χ0) is 9.84. The zero-order valence-electron chi connectivity index (χ0n) is 8.03. The van der Waals surface area contributed by atoms with E-state index in [9.17, 15) is 4.79 Å². The van der Waals surface area contributed by atoms with Crippen molar-refractivity contribution in [3.05, 3.63) is 23.8 Å². The van der Waals surface area contributed by atoms with Crippen LogP contribution in [0.1, 0.15) is 37.4 Å². The van der Waals surface area contributed by atoms with E-state index in [0.717, 1.165) is 5.69 Å². The third kappa shape index (κ3) is 2.24. The second-order valence-corrected chi connectivity index (χ2v) is 3.06. The number of carbonyl (C=O) groups is 1. The van der Waals surface area contributed by atoms with E-state index in [1.165, 1.54) is 6.33 Å². The lowest BCUT2D eigenvalue weighted by atomic mass is 10.1. The van der Waals surface area contributed by atoms with Crippen molar-refractivity contribution in [1.29, 1.82) is 0 Å². The second kappa shape index (κ2) is 3.98. The molecule has 1 heterocycles. The Morgan fingerprint density at radius 2 is 2.23 bits per heavy atom. The van der Waals surface area contributed by atoms with Crippen LogP contribution in [0.2, 0.25) is 0 Å². The molecule has 0 atom stereocenters. The van der Waals surface area contributed by atoms with Crippen LogP contribution >= 0.6 is 0 Å². The first kappa shape index (κ1) is 9.64. The molecule has 0 bridgehead atoms. The monoisotopic (exact) mass is 181 g/mol. The molecule has 0 aliphatic carbocycles. The van der Waals surface area contributed by atoms with Gasteiger partial charge in [0.15, 0.2) is 0 Å². The lowest BCUT2D eigenvalue weighted by Crippen LogP contribution is -2.19. The highest BCUT2D eigenvalue weighted by molar-refractivity contribution is 5.91. The number of amides is 1. The van der Waals surface area contributed by atoms with Crippen molar-refractivity contribution in [3.63, 3.8) is 0 Å². The molecule has 0 aromatic carbocycles. The highest BCUT2D eigenvalue weighted by Gasteiger charge is 2.07. The van der Waals surface area contributed by atoms with Gasteiger partial charge in [0.25, 0.3) is 5.91 Å². The van der Waals surface area contributed by atoms with E-state index in [1.807, 2.05) is 13.8 Å². The van der Waals surface area contributed by atoms with Crippen molar-refractivity contribution in [2.75, 3.05) is 7.05 Å². The fourth-order valence-electron chi connectivity index (χ4n) is 0.940. The van der Waals surface area contributed by atoms with Gasteiger partial charge in [0.05, 0.1) is 0 Å².